The van der Waals surface area contributed by atoms with E-state index in [1.807, 2.05) is 0 Å². The minimum atomic E-state index is -4.29. The SMILES string of the molecule is C/C=C/C(=O)OC(C)S(=O)(=O)O. The van der Waals surface area contributed by atoms with Crippen LogP contribution in [0, 0.1) is 0 Å². The minimum absolute atomic E-state index is 0.803. The van der Waals surface area contributed by atoms with Crippen LogP contribution in [0.5, 0.6) is 0 Å². The van der Waals surface area contributed by atoms with E-state index in [0.717, 1.165) is 13.0 Å². The maximum atomic E-state index is 10.6. The summed E-state index contributed by atoms with van der Waals surface area (Å²) in [6.45, 7) is 2.65. The van der Waals surface area contributed by atoms with Gasteiger partial charge in [-0.05, 0) is 13.8 Å². The summed E-state index contributed by atoms with van der Waals surface area (Å²) in [6.07, 6.45) is 2.46. The van der Waals surface area contributed by atoms with Crippen molar-refractivity contribution in [2.45, 2.75) is 19.3 Å². The highest BCUT2D eigenvalue weighted by Crippen LogP contribution is 2.00. The van der Waals surface area contributed by atoms with Crippen LogP contribution in [0.1, 0.15) is 13.8 Å². The van der Waals surface area contributed by atoms with Crippen LogP contribution in [0.15, 0.2) is 12.2 Å². The molecule has 0 rings (SSSR count). The van der Waals surface area contributed by atoms with Gasteiger partial charge < -0.3 is 4.74 Å². The summed E-state index contributed by atoms with van der Waals surface area (Å²) < 4.78 is 33.3. The second kappa shape index (κ2) is 4.22. The Hall–Kier alpha value is -0.880. The molecule has 6 heteroatoms. The van der Waals surface area contributed by atoms with Gasteiger partial charge in [-0.1, -0.05) is 6.08 Å². The Kier molecular flexibility index (Phi) is 3.91. The number of hydrogen-bond donors (Lipinski definition) is 1. The first-order valence-electron chi connectivity index (χ1n) is 3.17. The number of rotatable bonds is 3. The molecule has 0 radical (unpaired) electrons. The zero-order valence-corrected chi connectivity index (χ0v) is 7.54. The van der Waals surface area contributed by atoms with Gasteiger partial charge in [-0.2, -0.15) is 8.42 Å². The van der Waals surface area contributed by atoms with E-state index in [9.17, 15) is 13.2 Å². The summed E-state index contributed by atoms with van der Waals surface area (Å²) in [5, 5.41) is 0. The summed E-state index contributed by atoms with van der Waals surface area (Å²) in [6, 6.07) is 0. The van der Waals surface area contributed by atoms with E-state index in [1.165, 1.54) is 6.08 Å². The first-order valence-corrected chi connectivity index (χ1v) is 4.68. The third kappa shape index (κ3) is 4.09. The number of carbonyl (C=O) groups is 1. The molecule has 1 atom stereocenters. The molecule has 5 nitrogen and oxygen atoms in total. The molecule has 0 amide bonds. The van der Waals surface area contributed by atoms with E-state index in [0.29, 0.717) is 0 Å². The van der Waals surface area contributed by atoms with Crippen molar-refractivity contribution in [1.29, 1.82) is 0 Å². The van der Waals surface area contributed by atoms with Gasteiger partial charge >= 0.3 is 16.1 Å². The third-order valence-electron chi connectivity index (χ3n) is 1.00. The molecule has 70 valence electrons. The van der Waals surface area contributed by atoms with Gasteiger partial charge in [0.05, 0.1) is 0 Å². The molecule has 0 bridgehead atoms. The lowest BCUT2D eigenvalue weighted by atomic mass is 10.5. The fourth-order valence-corrected chi connectivity index (χ4v) is 0.616. The standard InChI is InChI=1S/C6H10O5S/c1-3-4-6(7)11-5(2)12(8,9)10/h3-5H,1-2H3,(H,8,9,10)/b4-3+. The maximum absolute atomic E-state index is 10.6. The quantitative estimate of drug-likeness (QED) is 0.398. The predicted octanol–water partition coefficient (Wildman–Crippen LogP) is 0.339. The van der Waals surface area contributed by atoms with Crippen molar-refractivity contribution in [3.63, 3.8) is 0 Å². The Labute approximate surface area is 70.8 Å². The Morgan fingerprint density at radius 1 is 1.58 bits per heavy atom. The maximum Gasteiger partial charge on any atom is 0.331 e. The van der Waals surface area contributed by atoms with Crippen molar-refractivity contribution < 1.29 is 22.5 Å². The highest BCUT2D eigenvalue weighted by atomic mass is 32.2. The molecule has 0 aliphatic heterocycles. The molecule has 1 N–H and O–H groups in total. The average Bonchev–Trinajstić information content (AvgIpc) is 1.85. The molecule has 0 saturated carbocycles. The molecule has 0 aromatic carbocycles. The first-order chi connectivity index (χ1) is 5.38. The van der Waals surface area contributed by atoms with E-state index in [2.05, 4.69) is 4.74 Å². The summed E-state index contributed by atoms with van der Waals surface area (Å²) >= 11 is 0. The van der Waals surface area contributed by atoms with Gasteiger partial charge in [-0.15, -0.1) is 0 Å². The number of ether oxygens (including phenoxy) is 1. The predicted molar refractivity (Wildman–Crippen MR) is 41.9 cm³/mol. The van der Waals surface area contributed by atoms with Gasteiger partial charge in [-0.25, -0.2) is 4.79 Å². The Morgan fingerprint density at radius 3 is 2.42 bits per heavy atom. The van der Waals surface area contributed by atoms with Crippen LogP contribution >= 0.6 is 0 Å². The van der Waals surface area contributed by atoms with Crippen LogP contribution in [0.2, 0.25) is 0 Å². The van der Waals surface area contributed by atoms with E-state index in [-0.39, 0.29) is 0 Å². The van der Waals surface area contributed by atoms with Crippen molar-refractivity contribution in [3.05, 3.63) is 12.2 Å². The fraction of sp³-hybridized carbons (Fsp3) is 0.500. The van der Waals surface area contributed by atoms with Crippen molar-refractivity contribution in [1.82, 2.24) is 0 Å². The lowest BCUT2D eigenvalue weighted by molar-refractivity contribution is -0.139. The Balaban J connectivity index is 4.21. The lowest BCUT2D eigenvalue weighted by Gasteiger charge is -2.07. The molecular formula is C6H10O5S. The third-order valence-corrected chi connectivity index (χ3v) is 1.94. The molecule has 0 aromatic heterocycles. The number of hydrogen-bond acceptors (Lipinski definition) is 4. The molecule has 0 aromatic rings. The smallest absolute Gasteiger partial charge is 0.331 e. The van der Waals surface area contributed by atoms with Crippen LogP contribution in [0.25, 0.3) is 0 Å². The van der Waals surface area contributed by atoms with Gasteiger partial charge in [0, 0.05) is 6.08 Å². The lowest BCUT2D eigenvalue weighted by Crippen LogP contribution is -2.22. The molecule has 0 aliphatic rings. The van der Waals surface area contributed by atoms with E-state index in [1.54, 1.807) is 6.92 Å². The minimum Gasteiger partial charge on any atom is -0.440 e. The summed E-state index contributed by atoms with van der Waals surface area (Å²) in [4.78, 5) is 10.6. The van der Waals surface area contributed by atoms with E-state index < -0.39 is 21.5 Å². The van der Waals surface area contributed by atoms with Gasteiger partial charge in [0.2, 0.25) is 5.44 Å². The molecule has 1 unspecified atom stereocenters. The highest BCUT2D eigenvalue weighted by Gasteiger charge is 2.20. The topological polar surface area (TPSA) is 80.7 Å². The summed E-state index contributed by atoms with van der Waals surface area (Å²) in [7, 11) is -4.29. The van der Waals surface area contributed by atoms with Crippen LogP contribution in [0.4, 0.5) is 0 Å². The number of allylic oxidation sites excluding steroid dienone is 1. The Bertz CT molecular complexity index is 276. The van der Waals surface area contributed by atoms with Crippen LogP contribution in [-0.4, -0.2) is 24.4 Å². The Morgan fingerprint density at radius 2 is 2.08 bits per heavy atom. The zero-order chi connectivity index (χ0) is 9.78. The fourth-order valence-electron chi connectivity index (χ4n) is 0.400. The number of carbonyl (C=O) groups excluding carboxylic acids is 1. The largest absolute Gasteiger partial charge is 0.440 e. The molecule has 0 fully saturated rings. The summed E-state index contributed by atoms with van der Waals surface area (Å²) in [5.41, 5.74) is -1.53. The van der Waals surface area contributed by atoms with Gasteiger partial charge in [-0.3, -0.25) is 4.55 Å². The monoisotopic (exact) mass is 194 g/mol. The van der Waals surface area contributed by atoms with Crippen molar-refractivity contribution in [2.75, 3.05) is 0 Å². The van der Waals surface area contributed by atoms with Crippen molar-refractivity contribution in [3.8, 4) is 0 Å². The molecular weight excluding hydrogens is 184 g/mol. The zero-order valence-electron chi connectivity index (χ0n) is 6.72. The highest BCUT2D eigenvalue weighted by molar-refractivity contribution is 7.86. The van der Waals surface area contributed by atoms with Gasteiger partial charge in [0.15, 0.2) is 0 Å². The molecule has 0 spiro atoms. The average molecular weight is 194 g/mol. The molecule has 12 heavy (non-hydrogen) atoms. The second-order valence-electron chi connectivity index (χ2n) is 2.02. The molecule has 0 aliphatic carbocycles. The van der Waals surface area contributed by atoms with Crippen LogP contribution in [-0.2, 0) is 19.6 Å². The van der Waals surface area contributed by atoms with Crippen molar-refractivity contribution >= 4 is 16.1 Å². The summed E-state index contributed by atoms with van der Waals surface area (Å²) in [5.74, 6) is -0.803. The van der Waals surface area contributed by atoms with E-state index in [4.69, 9.17) is 4.55 Å². The van der Waals surface area contributed by atoms with Gasteiger partial charge in [0.1, 0.15) is 0 Å². The number of esters is 1. The molecule has 0 heterocycles. The van der Waals surface area contributed by atoms with E-state index >= 15 is 0 Å². The van der Waals surface area contributed by atoms with Crippen molar-refractivity contribution in [2.24, 2.45) is 0 Å². The first kappa shape index (κ1) is 11.1. The van der Waals surface area contributed by atoms with Gasteiger partial charge in [0.25, 0.3) is 0 Å². The molecule has 0 saturated heterocycles. The van der Waals surface area contributed by atoms with Crippen LogP contribution in [0.3, 0.4) is 0 Å². The normalized spacial score (nSPS) is 14.6. The second-order valence-corrected chi connectivity index (χ2v) is 3.71. The van der Waals surface area contributed by atoms with Crippen LogP contribution < -0.4 is 0 Å².